The third-order valence-electron chi connectivity index (χ3n) is 2.10. The molecule has 1 amide bonds. The van der Waals surface area contributed by atoms with Gasteiger partial charge < -0.3 is 16.2 Å². The Balaban J connectivity index is 2.72. The van der Waals surface area contributed by atoms with Crippen molar-refractivity contribution < 1.29 is 9.90 Å². The van der Waals surface area contributed by atoms with Crippen molar-refractivity contribution in [1.82, 2.24) is 15.3 Å². The van der Waals surface area contributed by atoms with Gasteiger partial charge in [0.05, 0.1) is 11.4 Å². The summed E-state index contributed by atoms with van der Waals surface area (Å²) in [7, 11) is 0. The highest BCUT2D eigenvalue weighted by molar-refractivity contribution is 5.65. The minimum Gasteiger partial charge on any atom is -0.465 e. The van der Waals surface area contributed by atoms with Crippen molar-refractivity contribution in [2.45, 2.75) is 25.4 Å². The summed E-state index contributed by atoms with van der Waals surface area (Å²) in [5.74, 6) is 0. The number of amides is 1. The van der Waals surface area contributed by atoms with Crippen LogP contribution in [0.15, 0.2) is 18.6 Å². The van der Waals surface area contributed by atoms with Crippen molar-refractivity contribution in [2.75, 3.05) is 0 Å². The highest BCUT2D eigenvalue weighted by atomic mass is 16.4. The molecule has 6 nitrogen and oxygen atoms in total. The maximum atomic E-state index is 10.5. The number of nitrogens with two attached hydrogens (primary N) is 1. The van der Waals surface area contributed by atoms with Crippen LogP contribution in [0.3, 0.4) is 0 Å². The minimum atomic E-state index is -1.14. The summed E-state index contributed by atoms with van der Waals surface area (Å²) in [5.41, 5.74) is 5.55. The molecule has 0 bridgehead atoms. The lowest BCUT2D eigenvalue weighted by molar-refractivity contribution is 0.176. The van der Waals surface area contributed by atoms with Gasteiger partial charge in [0.25, 0.3) is 0 Å². The van der Waals surface area contributed by atoms with Crippen LogP contribution >= 0.6 is 0 Å². The Labute approximate surface area is 87.5 Å². The van der Waals surface area contributed by atoms with E-state index in [0.717, 1.165) is 0 Å². The maximum absolute atomic E-state index is 10.5. The number of hydrogen-bond acceptors (Lipinski definition) is 4. The van der Waals surface area contributed by atoms with E-state index < -0.39 is 11.8 Å². The van der Waals surface area contributed by atoms with Crippen LogP contribution in [0.25, 0.3) is 0 Å². The second-order valence-electron chi connectivity index (χ2n) is 3.31. The van der Waals surface area contributed by atoms with Crippen molar-refractivity contribution in [3.8, 4) is 0 Å². The molecule has 0 aliphatic rings. The first-order valence-corrected chi connectivity index (χ1v) is 4.60. The van der Waals surface area contributed by atoms with E-state index in [1.54, 1.807) is 18.6 Å². The lowest BCUT2D eigenvalue weighted by Gasteiger charge is -2.27. The molecule has 1 atom stereocenters. The summed E-state index contributed by atoms with van der Waals surface area (Å²) in [5, 5.41) is 10.9. The molecule has 1 heterocycles. The van der Waals surface area contributed by atoms with Crippen LogP contribution < -0.4 is 11.1 Å². The second kappa shape index (κ2) is 4.70. The molecule has 82 valence electrons. The lowest BCUT2D eigenvalue weighted by Crippen LogP contribution is -2.56. The Morgan fingerprint density at radius 1 is 1.67 bits per heavy atom. The van der Waals surface area contributed by atoms with Crippen molar-refractivity contribution in [3.05, 3.63) is 24.3 Å². The third-order valence-corrected chi connectivity index (χ3v) is 2.10. The Morgan fingerprint density at radius 2 is 2.40 bits per heavy atom. The van der Waals surface area contributed by atoms with E-state index in [9.17, 15) is 4.79 Å². The van der Waals surface area contributed by atoms with Gasteiger partial charge in [0.2, 0.25) is 0 Å². The first-order valence-electron chi connectivity index (χ1n) is 4.60. The zero-order valence-electron chi connectivity index (χ0n) is 8.47. The SMILES string of the molecule is CCC(N)(Cc1cnccn1)NC(=O)O. The zero-order valence-corrected chi connectivity index (χ0v) is 8.47. The van der Waals surface area contributed by atoms with E-state index in [2.05, 4.69) is 15.3 Å². The summed E-state index contributed by atoms with van der Waals surface area (Å²) < 4.78 is 0. The molecule has 0 spiro atoms. The zero-order chi connectivity index (χ0) is 11.3. The van der Waals surface area contributed by atoms with Crippen LogP contribution in [0.1, 0.15) is 19.0 Å². The molecule has 0 fully saturated rings. The predicted molar refractivity (Wildman–Crippen MR) is 54.1 cm³/mol. The van der Waals surface area contributed by atoms with Crippen LogP contribution in [0.4, 0.5) is 4.79 Å². The largest absolute Gasteiger partial charge is 0.465 e. The molecule has 1 aromatic heterocycles. The van der Waals surface area contributed by atoms with E-state index in [4.69, 9.17) is 10.8 Å². The molecule has 1 rings (SSSR count). The minimum absolute atomic E-state index is 0.323. The number of nitrogens with one attached hydrogen (secondary N) is 1. The van der Waals surface area contributed by atoms with Gasteiger partial charge in [-0.15, -0.1) is 0 Å². The van der Waals surface area contributed by atoms with E-state index in [1.165, 1.54) is 0 Å². The Morgan fingerprint density at radius 3 is 2.87 bits per heavy atom. The molecule has 0 radical (unpaired) electrons. The number of nitrogens with zero attached hydrogens (tertiary/aromatic N) is 2. The fourth-order valence-electron chi connectivity index (χ4n) is 1.21. The van der Waals surface area contributed by atoms with Gasteiger partial charge in [-0.3, -0.25) is 9.97 Å². The van der Waals surface area contributed by atoms with Gasteiger partial charge in [-0.2, -0.15) is 0 Å². The van der Waals surface area contributed by atoms with Crippen molar-refractivity contribution in [2.24, 2.45) is 5.73 Å². The molecule has 6 heteroatoms. The van der Waals surface area contributed by atoms with Gasteiger partial charge >= 0.3 is 6.09 Å². The molecule has 15 heavy (non-hydrogen) atoms. The van der Waals surface area contributed by atoms with Gasteiger partial charge in [0.15, 0.2) is 0 Å². The van der Waals surface area contributed by atoms with Gasteiger partial charge in [-0.05, 0) is 6.42 Å². The highest BCUT2D eigenvalue weighted by Gasteiger charge is 2.25. The summed E-state index contributed by atoms with van der Waals surface area (Å²) in [6.07, 6.45) is 4.34. The molecule has 0 saturated carbocycles. The van der Waals surface area contributed by atoms with Crippen LogP contribution in [0.5, 0.6) is 0 Å². The normalized spacial score (nSPS) is 14.3. The number of hydrogen-bond donors (Lipinski definition) is 3. The Hall–Kier alpha value is -1.69. The fourth-order valence-corrected chi connectivity index (χ4v) is 1.21. The van der Waals surface area contributed by atoms with Crippen LogP contribution in [0, 0.1) is 0 Å². The lowest BCUT2D eigenvalue weighted by atomic mass is 10.0. The van der Waals surface area contributed by atoms with Crippen molar-refractivity contribution >= 4 is 6.09 Å². The number of carbonyl (C=O) groups is 1. The van der Waals surface area contributed by atoms with Gasteiger partial charge in [-0.25, -0.2) is 4.79 Å². The van der Waals surface area contributed by atoms with Crippen LogP contribution in [0.2, 0.25) is 0 Å². The van der Waals surface area contributed by atoms with Gasteiger partial charge in [0.1, 0.15) is 0 Å². The quantitative estimate of drug-likeness (QED) is 0.622. The Bertz CT molecular complexity index is 330. The smallest absolute Gasteiger partial charge is 0.406 e. The fraction of sp³-hybridized carbons (Fsp3) is 0.444. The second-order valence-corrected chi connectivity index (χ2v) is 3.31. The van der Waals surface area contributed by atoms with Crippen molar-refractivity contribution in [3.63, 3.8) is 0 Å². The molecular formula is C9H14N4O2. The Kier molecular flexibility index (Phi) is 3.56. The average molecular weight is 210 g/mol. The standard InChI is InChI=1S/C9H14N4O2/c1-2-9(10,13-8(14)15)5-7-6-11-3-4-12-7/h3-4,6,13H,2,5,10H2,1H3,(H,14,15). The summed E-state index contributed by atoms with van der Waals surface area (Å²) in [6, 6.07) is 0. The molecule has 0 aromatic carbocycles. The van der Waals surface area contributed by atoms with E-state index in [1.807, 2.05) is 6.92 Å². The number of carboxylic acid groups (broad SMARTS) is 1. The topological polar surface area (TPSA) is 101 Å². The van der Waals surface area contributed by atoms with E-state index in [0.29, 0.717) is 18.5 Å². The van der Waals surface area contributed by atoms with Crippen LogP contribution in [-0.4, -0.2) is 26.8 Å². The molecule has 0 aliphatic heterocycles. The summed E-state index contributed by atoms with van der Waals surface area (Å²) >= 11 is 0. The highest BCUT2D eigenvalue weighted by Crippen LogP contribution is 2.09. The monoisotopic (exact) mass is 210 g/mol. The molecular weight excluding hydrogens is 196 g/mol. The first kappa shape index (κ1) is 11.4. The number of rotatable bonds is 4. The van der Waals surface area contributed by atoms with Gasteiger partial charge in [0, 0.05) is 25.0 Å². The van der Waals surface area contributed by atoms with Gasteiger partial charge in [-0.1, -0.05) is 6.92 Å². The predicted octanol–water partition coefficient (Wildman–Crippen LogP) is 0.352. The van der Waals surface area contributed by atoms with Crippen LogP contribution in [-0.2, 0) is 6.42 Å². The molecule has 1 unspecified atom stereocenters. The maximum Gasteiger partial charge on any atom is 0.406 e. The summed E-state index contributed by atoms with van der Waals surface area (Å²) in [6.45, 7) is 1.81. The van der Waals surface area contributed by atoms with Crippen molar-refractivity contribution in [1.29, 1.82) is 0 Å². The number of aromatic nitrogens is 2. The van der Waals surface area contributed by atoms with E-state index in [-0.39, 0.29) is 0 Å². The molecule has 1 aromatic rings. The average Bonchev–Trinajstić information content (AvgIpc) is 2.18. The molecule has 0 saturated heterocycles. The molecule has 0 aliphatic carbocycles. The summed E-state index contributed by atoms with van der Waals surface area (Å²) in [4.78, 5) is 18.5. The van der Waals surface area contributed by atoms with E-state index >= 15 is 0 Å². The third kappa shape index (κ3) is 3.51. The first-order chi connectivity index (χ1) is 7.06. The molecule has 4 N–H and O–H groups in total.